The molecule has 3 aromatic rings. The first-order chi connectivity index (χ1) is 15.7. The second-order valence-corrected chi connectivity index (χ2v) is 10.4. The lowest BCUT2D eigenvalue weighted by Gasteiger charge is -2.24. The average molecular weight is 467 g/mol. The Morgan fingerprint density at radius 2 is 1.42 bits per heavy atom. The van der Waals surface area contributed by atoms with Gasteiger partial charge in [0.15, 0.2) is 6.10 Å². The maximum atomic E-state index is 13.3. The molecular formula is C27H30O5S. The summed E-state index contributed by atoms with van der Waals surface area (Å²) < 4.78 is 37.6. The Balaban J connectivity index is 1.84. The lowest BCUT2D eigenvalue weighted by molar-refractivity contribution is -0.163. The standard InChI is InChI=1S/C27H30O5S/c1-27(2,3)31-26(28)24(19-12-15-21-13-6-4-7-14-21)32-33(29,30)25-20-11-10-18-23(25)22-16-8-5-9-17-22/h4-11,13-14,16-18,20,24H,12,15,19H2,1-3H3/t24-/m1/s1. The van der Waals surface area contributed by atoms with Crippen LogP contribution in [0.1, 0.15) is 39.2 Å². The molecule has 3 rings (SSSR count). The zero-order chi connectivity index (χ0) is 23.9. The lowest BCUT2D eigenvalue weighted by Crippen LogP contribution is -2.35. The highest BCUT2D eigenvalue weighted by atomic mass is 32.2. The molecule has 0 fully saturated rings. The number of esters is 1. The van der Waals surface area contributed by atoms with E-state index in [4.69, 9.17) is 8.92 Å². The number of carbonyl (C=O) groups excluding carboxylic acids is 1. The van der Waals surface area contributed by atoms with E-state index in [9.17, 15) is 13.2 Å². The summed E-state index contributed by atoms with van der Waals surface area (Å²) in [4.78, 5) is 12.9. The van der Waals surface area contributed by atoms with E-state index in [1.54, 1.807) is 39.0 Å². The fourth-order valence-corrected chi connectivity index (χ4v) is 4.74. The van der Waals surface area contributed by atoms with Gasteiger partial charge in [0.25, 0.3) is 10.1 Å². The first kappa shape index (κ1) is 24.7. The highest BCUT2D eigenvalue weighted by molar-refractivity contribution is 7.87. The van der Waals surface area contributed by atoms with Crippen LogP contribution in [0, 0.1) is 0 Å². The Labute approximate surface area is 196 Å². The van der Waals surface area contributed by atoms with Gasteiger partial charge >= 0.3 is 5.97 Å². The summed E-state index contributed by atoms with van der Waals surface area (Å²) >= 11 is 0. The summed E-state index contributed by atoms with van der Waals surface area (Å²) in [5, 5.41) is 0. The summed E-state index contributed by atoms with van der Waals surface area (Å²) in [5.41, 5.74) is 1.62. The SMILES string of the molecule is CC(C)(C)OC(=O)[C@@H](CCCc1ccccc1)OS(=O)(=O)c1ccccc1-c1ccccc1. The monoisotopic (exact) mass is 466 g/mol. The van der Waals surface area contributed by atoms with Crippen LogP contribution in [-0.2, 0) is 30.3 Å². The first-order valence-corrected chi connectivity index (χ1v) is 12.4. The maximum Gasteiger partial charge on any atom is 0.337 e. The number of aryl methyl sites for hydroxylation is 1. The van der Waals surface area contributed by atoms with Gasteiger partial charge in [0.1, 0.15) is 10.5 Å². The maximum absolute atomic E-state index is 13.3. The Bertz CT molecular complexity index is 1150. The van der Waals surface area contributed by atoms with Crippen LogP contribution in [0.2, 0.25) is 0 Å². The molecule has 33 heavy (non-hydrogen) atoms. The number of benzene rings is 3. The number of rotatable bonds is 9. The van der Waals surface area contributed by atoms with E-state index in [0.29, 0.717) is 18.4 Å². The van der Waals surface area contributed by atoms with Crippen molar-refractivity contribution in [3.8, 4) is 11.1 Å². The van der Waals surface area contributed by atoms with E-state index in [2.05, 4.69) is 0 Å². The summed E-state index contributed by atoms with van der Waals surface area (Å²) in [7, 11) is -4.23. The lowest BCUT2D eigenvalue weighted by atomic mass is 10.1. The Kier molecular flexibility index (Phi) is 8.06. The third-order valence-corrected chi connectivity index (χ3v) is 6.31. The molecule has 0 aliphatic carbocycles. The molecule has 0 heterocycles. The largest absolute Gasteiger partial charge is 0.458 e. The Hall–Kier alpha value is -2.96. The van der Waals surface area contributed by atoms with Crippen molar-refractivity contribution in [1.29, 1.82) is 0 Å². The third kappa shape index (κ3) is 7.27. The van der Waals surface area contributed by atoms with E-state index in [0.717, 1.165) is 11.1 Å². The predicted molar refractivity (Wildman–Crippen MR) is 129 cm³/mol. The van der Waals surface area contributed by atoms with Crippen LogP contribution < -0.4 is 0 Å². The van der Waals surface area contributed by atoms with Gasteiger partial charge in [0.2, 0.25) is 0 Å². The van der Waals surface area contributed by atoms with Crippen molar-refractivity contribution < 1.29 is 22.1 Å². The average Bonchev–Trinajstić information content (AvgIpc) is 2.78. The molecule has 174 valence electrons. The highest BCUT2D eigenvalue weighted by Crippen LogP contribution is 2.29. The van der Waals surface area contributed by atoms with Crippen LogP contribution in [0.3, 0.4) is 0 Å². The van der Waals surface area contributed by atoms with Crippen LogP contribution in [0.4, 0.5) is 0 Å². The fraction of sp³-hybridized carbons (Fsp3) is 0.296. The molecule has 0 saturated carbocycles. The molecule has 0 amide bonds. The smallest absolute Gasteiger partial charge is 0.337 e. The number of hydrogen-bond donors (Lipinski definition) is 0. The quantitative estimate of drug-likeness (QED) is 0.295. The van der Waals surface area contributed by atoms with Gasteiger partial charge in [-0.2, -0.15) is 8.42 Å². The number of carbonyl (C=O) groups is 1. The van der Waals surface area contributed by atoms with E-state index < -0.39 is 27.8 Å². The van der Waals surface area contributed by atoms with Crippen LogP contribution in [0.5, 0.6) is 0 Å². The molecule has 0 radical (unpaired) electrons. The van der Waals surface area contributed by atoms with Gasteiger partial charge in [-0.3, -0.25) is 4.18 Å². The van der Waals surface area contributed by atoms with Crippen molar-refractivity contribution in [2.45, 2.75) is 56.6 Å². The summed E-state index contributed by atoms with van der Waals surface area (Å²) in [6, 6.07) is 25.7. The molecule has 0 aliphatic heterocycles. The molecule has 0 saturated heterocycles. The molecule has 0 aromatic heterocycles. The zero-order valence-corrected chi connectivity index (χ0v) is 20.0. The van der Waals surface area contributed by atoms with Crippen molar-refractivity contribution >= 4 is 16.1 Å². The van der Waals surface area contributed by atoms with Crippen molar-refractivity contribution in [1.82, 2.24) is 0 Å². The van der Waals surface area contributed by atoms with Crippen LogP contribution >= 0.6 is 0 Å². The number of ether oxygens (including phenoxy) is 1. The molecule has 0 N–H and O–H groups in total. The second-order valence-electron chi connectivity index (χ2n) is 8.81. The molecule has 5 nitrogen and oxygen atoms in total. The minimum atomic E-state index is -4.23. The van der Waals surface area contributed by atoms with E-state index >= 15 is 0 Å². The molecule has 1 atom stereocenters. The van der Waals surface area contributed by atoms with Gasteiger partial charge in [-0.05, 0) is 57.2 Å². The predicted octanol–water partition coefficient (Wildman–Crippen LogP) is 5.79. The minimum Gasteiger partial charge on any atom is -0.458 e. The summed E-state index contributed by atoms with van der Waals surface area (Å²) in [6.45, 7) is 5.22. The van der Waals surface area contributed by atoms with Crippen LogP contribution in [0.25, 0.3) is 11.1 Å². The van der Waals surface area contributed by atoms with Gasteiger partial charge in [0.05, 0.1) is 0 Å². The molecule has 3 aromatic carbocycles. The molecule has 6 heteroatoms. The molecule has 0 unspecified atom stereocenters. The Morgan fingerprint density at radius 3 is 2.06 bits per heavy atom. The van der Waals surface area contributed by atoms with Crippen LogP contribution in [-0.4, -0.2) is 26.1 Å². The minimum absolute atomic E-state index is 0.0211. The van der Waals surface area contributed by atoms with Gasteiger partial charge in [-0.1, -0.05) is 78.9 Å². The highest BCUT2D eigenvalue weighted by Gasteiger charge is 2.32. The zero-order valence-electron chi connectivity index (χ0n) is 19.2. The van der Waals surface area contributed by atoms with Gasteiger partial charge in [-0.25, -0.2) is 4.79 Å². The van der Waals surface area contributed by atoms with Crippen molar-refractivity contribution in [2.24, 2.45) is 0 Å². The second kappa shape index (κ2) is 10.8. The van der Waals surface area contributed by atoms with Gasteiger partial charge in [0, 0.05) is 5.56 Å². The molecule has 0 bridgehead atoms. The van der Waals surface area contributed by atoms with Gasteiger partial charge in [-0.15, -0.1) is 0 Å². The Morgan fingerprint density at radius 1 is 0.848 bits per heavy atom. The summed E-state index contributed by atoms with van der Waals surface area (Å²) in [6.07, 6.45) is 0.256. The molecule has 0 aliphatic rings. The topological polar surface area (TPSA) is 69.7 Å². The van der Waals surface area contributed by atoms with Crippen molar-refractivity contribution in [2.75, 3.05) is 0 Å². The van der Waals surface area contributed by atoms with Crippen molar-refractivity contribution in [3.63, 3.8) is 0 Å². The van der Waals surface area contributed by atoms with E-state index in [1.165, 1.54) is 6.07 Å². The summed E-state index contributed by atoms with van der Waals surface area (Å²) in [5.74, 6) is -0.684. The number of hydrogen-bond acceptors (Lipinski definition) is 5. The first-order valence-electron chi connectivity index (χ1n) is 11.0. The van der Waals surface area contributed by atoms with E-state index in [-0.39, 0.29) is 11.3 Å². The molecule has 0 spiro atoms. The fourth-order valence-electron chi connectivity index (χ4n) is 3.45. The van der Waals surface area contributed by atoms with E-state index in [1.807, 2.05) is 60.7 Å². The normalized spacial score (nSPS) is 12.8. The molecular weight excluding hydrogens is 436 g/mol. The van der Waals surface area contributed by atoms with Gasteiger partial charge < -0.3 is 4.74 Å². The van der Waals surface area contributed by atoms with Crippen LogP contribution in [0.15, 0.2) is 89.8 Å². The third-order valence-electron chi connectivity index (χ3n) is 4.93. The van der Waals surface area contributed by atoms with Crippen molar-refractivity contribution in [3.05, 3.63) is 90.5 Å².